The van der Waals surface area contributed by atoms with Crippen LogP contribution in [0.5, 0.6) is 5.75 Å². The predicted octanol–water partition coefficient (Wildman–Crippen LogP) is 2.90. The molecule has 6 nitrogen and oxygen atoms in total. The van der Waals surface area contributed by atoms with Gasteiger partial charge in [-0.1, -0.05) is 0 Å². The van der Waals surface area contributed by atoms with Crippen molar-refractivity contribution in [2.24, 2.45) is 0 Å². The molecular weight excluding hydrogens is 350 g/mol. The van der Waals surface area contributed by atoms with E-state index in [1.807, 2.05) is 0 Å². The van der Waals surface area contributed by atoms with Gasteiger partial charge in [0.15, 0.2) is 12.2 Å². The number of halogens is 4. The number of ether oxygens (including phenoxy) is 3. The van der Waals surface area contributed by atoms with Crippen molar-refractivity contribution in [1.82, 2.24) is 0 Å². The fraction of sp³-hybridized carbons (Fsp3) is 0.333. The van der Waals surface area contributed by atoms with Crippen molar-refractivity contribution >= 4 is 17.6 Å². The lowest BCUT2D eigenvalue weighted by atomic mass is 10.2. The van der Waals surface area contributed by atoms with Gasteiger partial charge in [-0.3, -0.25) is 0 Å². The van der Waals surface area contributed by atoms with Gasteiger partial charge in [0.2, 0.25) is 0 Å². The molecule has 0 bridgehead atoms. The summed E-state index contributed by atoms with van der Waals surface area (Å²) in [5.74, 6) is -4.53. The Bertz CT molecular complexity index is 705. The number of benzene rings is 1. The Morgan fingerprint density at radius 3 is 2.36 bits per heavy atom. The Morgan fingerprint density at radius 1 is 1.20 bits per heavy atom. The predicted molar refractivity (Wildman–Crippen MR) is 75.9 cm³/mol. The van der Waals surface area contributed by atoms with Crippen molar-refractivity contribution in [2.75, 3.05) is 11.9 Å². The van der Waals surface area contributed by atoms with E-state index in [4.69, 9.17) is 9.47 Å². The highest BCUT2D eigenvalue weighted by molar-refractivity contribution is 6.15. The van der Waals surface area contributed by atoms with Gasteiger partial charge in [0.1, 0.15) is 11.6 Å². The van der Waals surface area contributed by atoms with Crippen LogP contribution in [0.15, 0.2) is 30.0 Å². The highest BCUT2D eigenvalue weighted by Crippen LogP contribution is 2.29. The number of nitrogens with one attached hydrogen (secondary N) is 1. The zero-order chi connectivity index (χ0) is 18.8. The van der Waals surface area contributed by atoms with Gasteiger partial charge in [-0.2, -0.15) is 13.2 Å². The van der Waals surface area contributed by atoms with Crippen molar-refractivity contribution in [2.45, 2.75) is 25.8 Å². The fourth-order valence-corrected chi connectivity index (χ4v) is 1.83. The van der Waals surface area contributed by atoms with Crippen LogP contribution in [0.3, 0.4) is 0 Å². The second-order valence-electron chi connectivity index (χ2n) is 5.43. The van der Waals surface area contributed by atoms with E-state index in [9.17, 15) is 27.2 Å². The summed E-state index contributed by atoms with van der Waals surface area (Å²) in [6, 6.07) is 2.71. The molecule has 0 saturated carbocycles. The highest BCUT2D eigenvalue weighted by Gasteiger charge is 2.39. The van der Waals surface area contributed by atoms with Gasteiger partial charge in [0.25, 0.3) is 5.79 Å². The number of anilines is 1. The Hall–Kier alpha value is -2.78. The Labute approximate surface area is 139 Å². The quantitative estimate of drug-likeness (QED) is 0.384. The van der Waals surface area contributed by atoms with Gasteiger partial charge in [0, 0.05) is 26.1 Å². The van der Waals surface area contributed by atoms with Crippen LogP contribution in [0.25, 0.3) is 0 Å². The summed E-state index contributed by atoms with van der Waals surface area (Å²) in [6.45, 7) is 1.10. The number of hydrogen-bond donors (Lipinski definition) is 1. The molecule has 1 aromatic rings. The highest BCUT2D eigenvalue weighted by atomic mass is 19.4. The van der Waals surface area contributed by atoms with Gasteiger partial charge < -0.3 is 19.5 Å². The zero-order valence-corrected chi connectivity index (χ0v) is 13.1. The number of cyclic esters (lactones) is 2. The molecule has 1 aliphatic heterocycles. The molecule has 1 aliphatic rings. The fourth-order valence-electron chi connectivity index (χ4n) is 1.83. The Kier molecular flexibility index (Phi) is 4.91. The SMILES string of the molecule is CC1(C)OC(=O)C(=CNc2cc(F)ccc2OCC(F)(F)F)C(=O)O1. The molecular formula is C15H13F4NO5. The minimum atomic E-state index is -4.59. The summed E-state index contributed by atoms with van der Waals surface area (Å²) >= 11 is 0. The molecule has 0 aliphatic carbocycles. The van der Waals surface area contributed by atoms with Crippen LogP contribution in [0.2, 0.25) is 0 Å². The van der Waals surface area contributed by atoms with Gasteiger partial charge in [-0.05, 0) is 12.1 Å². The summed E-state index contributed by atoms with van der Waals surface area (Å²) in [7, 11) is 0. The van der Waals surface area contributed by atoms with Crippen molar-refractivity contribution in [1.29, 1.82) is 0 Å². The van der Waals surface area contributed by atoms with Gasteiger partial charge >= 0.3 is 18.1 Å². The third-order valence-corrected chi connectivity index (χ3v) is 2.82. The first-order chi connectivity index (χ1) is 11.5. The molecule has 25 heavy (non-hydrogen) atoms. The molecule has 0 amide bonds. The average molecular weight is 363 g/mol. The van der Waals surface area contributed by atoms with Crippen molar-refractivity contribution in [3.8, 4) is 5.75 Å². The molecule has 0 atom stereocenters. The third kappa shape index (κ3) is 5.10. The maximum Gasteiger partial charge on any atom is 0.422 e. The summed E-state index contributed by atoms with van der Waals surface area (Å²) < 4.78 is 64.3. The van der Waals surface area contributed by atoms with Crippen LogP contribution >= 0.6 is 0 Å². The number of hydrogen-bond acceptors (Lipinski definition) is 6. The second-order valence-corrected chi connectivity index (χ2v) is 5.43. The number of esters is 2. The summed E-state index contributed by atoms with van der Waals surface area (Å²) in [4.78, 5) is 23.5. The van der Waals surface area contributed by atoms with Gasteiger partial charge in [-0.25, -0.2) is 14.0 Å². The van der Waals surface area contributed by atoms with E-state index in [0.29, 0.717) is 0 Å². The molecule has 2 rings (SSSR count). The number of rotatable bonds is 4. The van der Waals surface area contributed by atoms with E-state index in [2.05, 4.69) is 10.1 Å². The van der Waals surface area contributed by atoms with Gasteiger partial charge in [-0.15, -0.1) is 0 Å². The molecule has 1 heterocycles. The molecule has 1 aromatic carbocycles. The molecule has 1 saturated heterocycles. The van der Waals surface area contributed by atoms with Crippen LogP contribution in [-0.4, -0.2) is 30.5 Å². The smallest absolute Gasteiger partial charge is 0.422 e. The number of carbonyl (C=O) groups is 2. The molecule has 1 N–H and O–H groups in total. The monoisotopic (exact) mass is 363 g/mol. The topological polar surface area (TPSA) is 73.9 Å². The maximum absolute atomic E-state index is 13.3. The molecule has 0 unspecified atom stereocenters. The molecule has 10 heteroatoms. The first kappa shape index (κ1) is 18.6. The van der Waals surface area contributed by atoms with Crippen LogP contribution in [0, 0.1) is 5.82 Å². The lowest BCUT2D eigenvalue weighted by Crippen LogP contribution is -2.42. The van der Waals surface area contributed by atoms with E-state index in [0.717, 1.165) is 24.4 Å². The Balaban J connectivity index is 2.20. The van der Waals surface area contributed by atoms with Crippen LogP contribution < -0.4 is 10.1 Å². The normalized spacial score (nSPS) is 16.8. The Morgan fingerprint density at radius 2 is 1.80 bits per heavy atom. The van der Waals surface area contributed by atoms with E-state index >= 15 is 0 Å². The molecule has 1 fully saturated rings. The van der Waals surface area contributed by atoms with Crippen LogP contribution in [0.1, 0.15) is 13.8 Å². The second kappa shape index (κ2) is 6.61. The van der Waals surface area contributed by atoms with Crippen molar-refractivity contribution < 1.29 is 41.4 Å². The van der Waals surface area contributed by atoms with Gasteiger partial charge in [0.05, 0.1) is 5.69 Å². The van der Waals surface area contributed by atoms with Crippen molar-refractivity contribution in [3.05, 3.63) is 35.8 Å². The standard InChI is InChI=1S/C15H13F4NO5/c1-14(2)24-12(21)9(13(22)25-14)6-20-10-5-8(16)3-4-11(10)23-7-15(17,18)19/h3-6,20H,7H2,1-2H3. The third-order valence-electron chi connectivity index (χ3n) is 2.82. The molecule has 0 radical (unpaired) electrons. The maximum atomic E-state index is 13.3. The number of alkyl halides is 3. The number of carbonyl (C=O) groups excluding carboxylic acids is 2. The lowest BCUT2D eigenvalue weighted by molar-refractivity contribution is -0.222. The van der Waals surface area contributed by atoms with E-state index in [1.165, 1.54) is 13.8 Å². The van der Waals surface area contributed by atoms with E-state index < -0.39 is 41.9 Å². The van der Waals surface area contributed by atoms with E-state index in [-0.39, 0.29) is 11.4 Å². The van der Waals surface area contributed by atoms with Crippen LogP contribution in [-0.2, 0) is 19.1 Å². The first-order valence-corrected chi connectivity index (χ1v) is 6.89. The van der Waals surface area contributed by atoms with Crippen molar-refractivity contribution in [3.63, 3.8) is 0 Å². The minimum absolute atomic E-state index is 0.220. The minimum Gasteiger partial charge on any atom is -0.482 e. The van der Waals surface area contributed by atoms with Crippen LogP contribution in [0.4, 0.5) is 23.2 Å². The summed E-state index contributed by atoms with van der Waals surface area (Å²) in [6.07, 6.45) is -3.75. The average Bonchev–Trinajstić information content (AvgIpc) is 2.43. The first-order valence-electron chi connectivity index (χ1n) is 6.89. The van der Waals surface area contributed by atoms with E-state index in [1.54, 1.807) is 0 Å². The molecule has 0 aromatic heterocycles. The molecule has 0 spiro atoms. The zero-order valence-electron chi connectivity index (χ0n) is 13.1. The lowest BCUT2D eigenvalue weighted by Gasteiger charge is -2.29. The summed E-state index contributed by atoms with van der Waals surface area (Å²) in [5.41, 5.74) is -0.757. The largest absolute Gasteiger partial charge is 0.482 e. The molecule has 136 valence electrons. The summed E-state index contributed by atoms with van der Waals surface area (Å²) in [5, 5.41) is 2.35.